The molecule has 0 aromatic rings. The molecule has 0 aromatic carbocycles. The second kappa shape index (κ2) is 3.68. The van der Waals surface area contributed by atoms with E-state index in [9.17, 15) is 5.11 Å². The van der Waals surface area contributed by atoms with Gasteiger partial charge in [0.1, 0.15) is 0 Å². The Labute approximate surface area is 71.3 Å². The van der Waals surface area contributed by atoms with Gasteiger partial charge in [-0.1, -0.05) is 6.92 Å². The fourth-order valence-corrected chi connectivity index (χ4v) is 1.39. The van der Waals surface area contributed by atoms with Gasteiger partial charge in [-0.05, 0) is 0 Å². The predicted molar refractivity (Wildman–Crippen MR) is 43.1 cm³/mol. The third-order valence-corrected chi connectivity index (χ3v) is 2.46. The summed E-state index contributed by atoms with van der Waals surface area (Å²) in [6.45, 7) is 1.70. The minimum Gasteiger partial charge on any atom is -0.394 e. The predicted octanol–water partition coefficient (Wildman–Crippen LogP) is -2.01. The molecule has 5 nitrogen and oxygen atoms in total. The average molecular weight is 176 g/mol. The van der Waals surface area contributed by atoms with Crippen molar-refractivity contribution in [3.63, 3.8) is 0 Å². The van der Waals surface area contributed by atoms with Crippen LogP contribution in [0.25, 0.3) is 0 Å². The molecule has 0 radical (unpaired) electrons. The van der Waals surface area contributed by atoms with E-state index < -0.39 is 18.4 Å². The molecule has 1 aliphatic rings. The van der Waals surface area contributed by atoms with Gasteiger partial charge >= 0.3 is 0 Å². The number of aliphatic hydroxyl groups is 2. The number of rotatable bonds is 1. The molecule has 72 valence electrons. The number of aliphatic hydroxyl groups excluding tert-OH is 2. The zero-order chi connectivity index (χ0) is 9.30. The van der Waals surface area contributed by atoms with Gasteiger partial charge in [0.2, 0.25) is 0 Å². The van der Waals surface area contributed by atoms with E-state index in [1.54, 1.807) is 0 Å². The fourth-order valence-electron chi connectivity index (χ4n) is 1.39. The van der Waals surface area contributed by atoms with Crippen molar-refractivity contribution >= 4 is 0 Å². The van der Waals surface area contributed by atoms with Crippen molar-refractivity contribution in [1.82, 2.24) is 0 Å². The molecule has 1 heterocycles. The normalized spacial score (nSPS) is 49.2. The molecule has 12 heavy (non-hydrogen) atoms. The van der Waals surface area contributed by atoms with Crippen LogP contribution in [0.1, 0.15) is 6.92 Å². The molecule has 0 aromatic heterocycles. The number of nitrogens with two attached hydrogens (primary N) is 2. The Morgan fingerprint density at radius 1 is 1.33 bits per heavy atom. The smallest absolute Gasteiger partial charge is 0.171 e. The van der Waals surface area contributed by atoms with Crippen molar-refractivity contribution < 1.29 is 14.9 Å². The lowest BCUT2D eigenvalue weighted by atomic mass is 9.88. The highest BCUT2D eigenvalue weighted by molar-refractivity contribution is 4.91. The zero-order valence-electron chi connectivity index (χ0n) is 7.05. The van der Waals surface area contributed by atoms with Gasteiger partial charge in [0.05, 0.1) is 18.8 Å². The first-order valence-electron chi connectivity index (χ1n) is 4.03. The van der Waals surface area contributed by atoms with Crippen LogP contribution in [0.5, 0.6) is 0 Å². The van der Waals surface area contributed by atoms with E-state index in [1.807, 2.05) is 6.92 Å². The van der Waals surface area contributed by atoms with E-state index >= 15 is 0 Å². The van der Waals surface area contributed by atoms with Gasteiger partial charge in [-0.15, -0.1) is 0 Å². The number of ether oxygens (including phenoxy) is 1. The maximum atomic E-state index is 9.23. The second-order valence-electron chi connectivity index (χ2n) is 3.26. The van der Waals surface area contributed by atoms with Crippen LogP contribution in [-0.4, -0.2) is 41.3 Å². The minimum atomic E-state index is -1.06. The van der Waals surface area contributed by atoms with Crippen LogP contribution in [-0.2, 0) is 4.74 Å². The summed E-state index contributed by atoms with van der Waals surface area (Å²) < 4.78 is 5.03. The van der Waals surface area contributed by atoms with Crippen molar-refractivity contribution in [1.29, 1.82) is 0 Å². The average Bonchev–Trinajstić information content (AvgIpc) is 2.08. The quantitative estimate of drug-likeness (QED) is 0.369. The van der Waals surface area contributed by atoms with E-state index in [0.717, 1.165) is 0 Å². The van der Waals surface area contributed by atoms with Gasteiger partial charge in [0.25, 0.3) is 0 Å². The molecule has 1 rings (SSSR count). The minimum absolute atomic E-state index is 0.0339. The summed E-state index contributed by atoms with van der Waals surface area (Å²) in [7, 11) is 0. The topological polar surface area (TPSA) is 102 Å². The first kappa shape index (κ1) is 9.88. The van der Waals surface area contributed by atoms with Crippen molar-refractivity contribution in [2.45, 2.75) is 31.4 Å². The Morgan fingerprint density at radius 3 is 2.42 bits per heavy atom. The van der Waals surface area contributed by atoms with Gasteiger partial charge in [-0.2, -0.15) is 0 Å². The third-order valence-electron chi connectivity index (χ3n) is 2.46. The van der Waals surface area contributed by atoms with Crippen molar-refractivity contribution in [2.75, 3.05) is 6.61 Å². The number of hydrogen-bond donors (Lipinski definition) is 4. The molecule has 5 heteroatoms. The van der Waals surface area contributed by atoms with E-state index in [0.29, 0.717) is 0 Å². The maximum Gasteiger partial charge on any atom is 0.171 e. The van der Waals surface area contributed by atoms with Gasteiger partial charge in [0.15, 0.2) is 6.29 Å². The van der Waals surface area contributed by atoms with E-state index in [-0.39, 0.29) is 18.6 Å². The molecule has 5 atom stereocenters. The Bertz CT molecular complexity index is 151. The highest BCUT2D eigenvalue weighted by Gasteiger charge is 2.38. The lowest BCUT2D eigenvalue weighted by molar-refractivity contribution is -0.203. The lowest BCUT2D eigenvalue weighted by Gasteiger charge is -2.40. The van der Waals surface area contributed by atoms with Crippen LogP contribution in [0, 0.1) is 5.92 Å². The van der Waals surface area contributed by atoms with Crippen LogP contribution in [0.4, 0.5) is 0 Å². The van der Waals surface area contributed by atoms with Gasteiger partial charge in [-0.25, -0.2) is 0 Å². The van der Waals surface area contributed by atoms with Crippen LogP contribution < -0.4 is 11.5 Å². The number of hydrogen-bond acceptors (Lipinski definition) is 5. The lowest BCUT2D eigenvalue weighted by Crippen LogP contribution is -2.61. The summed E-state index contributed by atoms with van der Waals surface area (Å²) in [4.78, 5) is 0. The summed E-state index contributed by atoms with van der Waals surface area (Å²) in [5, 5.41) is 18.1. The summed E-state index contributed by atoms with van der Waals surface area (Å²) in [5.41, 5.74) is 11.2. The second-order valence-corrected chi connectivity index (χ2v) is 3.26. The van der Waals surface area contributed by atoms with E-state index in [2.05, 4.69) is 0 Å². The standard InChI is InChI=1S/C7H16N2O3/c1-3-4(2-10)12-7(11)6(9)5(3)8/h3-7,10-11H,2,8-9H2,1H3. The summed E-state index contributed by atoms with van der Waals surface area (Å²) >= 11 is 0. The monoisotopic (exact) mass is 176 g/mol. The first-order valence-corrected chi connectivity index (χ1v) is 4.03. The van der Waals surface area contributed by atoms with Crippen molar-refractivity contribution in [3.8, 4) is 0 Å². The third kappa shape index (κ3) is 1.60. The molecule has 1 fully saturated rings. The molecule has 0 saturated carbocycles. The molecule has 6 N–H and O–H groups in total. The molecule has 0 amide bonds. The van der Waals surface area contributed by atoms with Crippen LogP contribution in [0.3, 0.4) is 0 Å². The summed E-state index contributed by atoms with van der Waals surface area (Å²) in [5.74, 6) is -0.0339. The Balaban J connectivity index is 2.63. The summed E-state index contributed by atoms with van der Waals surface area (Å²) in [6.07, 6.45) is -1.47. The van der Waals surface area contributed by atoms with Gasteiger partial charge < -0.3 is 26.4 Å². The molecule has 0 bridgehead atoms. The van der Waals surface area contributed by atoms with Crippen molar-refractivity contribution in [2.24, 2.45) is 17.4 Å². The Hall–Kier alpha value is -0.200. The molecule has 0 spiro atoms. The maximum absolute atomic E-state index is 9.23. The Morgan fingerprint density at radius 2 is 1.92 bits per heavy atom. The van der Waals surface area contributed by atoms with Gasteiger partial charge in [0, 0.05) is 12.0 Å². The molecule has 1 saturated heterocycles. The molecular formula is C7H16N2O3. The molecular weight excluding hydrogens is 160 g/mol. The Kier molecular flexibility index (Phi) is 3.03. The molecule has 5 unspecified atom stereocenters. The van der Waals surface area contributed by atoms with Crippen LogP contribution in [0.15, 0.2) is 0 Å². The largest absolute Gasteiger partial charge is 0.394 e. The first-order chi connectivity index (χ1) is 5.57. The molecule has 0 aliphatic carbocycles. The highest BCUT2D eigenvalue weighted by Crippen LogP contribution is 2.21. The van der Waals surface area contributed by atoms with Gasteiger partial charge in [-0.3, -0.25) is 0 Å². The van der Waals surface area contributed by atoms with E-state index in [4.69, 9.17) is 21.3 Å². The van der Waals surface area contributed by atoms with Crippen LogP contribution >= 0.6 is 0 Å². The zero-order valence-corrected chi connectivity index (χ0v) is 7.05. The van der Waals surface area contributed by atoms with Crippen LogP contribution in [0.2, 0.25) is 0 Å². The van der Waals surface area contributed by atoms with Crippen molar-refractivity contribution in [3.05, 3.63) is 0 Å². The summed E-state index contributed by atoms with van der Waals surface area (Å²) in [6, 6.07) is -0.895. The molecule has 1 aliphatic heterocycles. The van der Waals surface area contributed by atoms with E-state index in [1.165, 1.54) is 0 Å². The highest BCUT2D eigenvalue weighted by atomic mass is 16.6. The fraction of sp³-hybridized carbons (Fsp3) is 1.00. The SMILES string of the molecule is CC1C(CO)OC(O)C(N)C1N.